The molecule has 1 aromatic carbocycles. The second-order valence-electron chi connectivity index (χ2n) is 6.57. The molecule has 28 heavy (non-hydrogen) atoms. The number of anilines is 1. The molecule has 1 atom stereocenters. The largest absolute Gasteiger partial charge is 0.379 e. The van der Waals surface area contributed by atoms with Gasteiger partial charge in [-0.25, -0.2) is 0 Å². The second-order valence-corrected chi connectivity index (χ2v) is 7.42. The summed E-state index contributed by atoms with van der Waals surface area (Å²) in [6.45, 7) is 3.27. The van der Waals surface area contributed by atoms with E-state index < -0.39 is 11.8 Å². The Labute approximate surface area is 169 Å². The Bertz CT molecular complexity index is 817. The fourth-order valence-electron chi connectivity index (χ4n) is 3.33. The van der Waals surface area contributed by atoms with E-state index in [-0.39, 0.29) is 6.04 Å². The standard InChI is InChI=1S/C20H26N4O3S/c1-23-9-5-7-16(23)17(24-10-12-27-13-11-24)14-21-19(25)20(26)22-15-6-3-4-8-18(15)28-2/h3-9,17H,10-14H2,1-2H3,(H,21,25)(H,22,26). The summed E-state index contributed by atoms with van der Waals surface area (Å²) in [5, 5.41) is 5.50. The van der Waals surface area contributed by atoms with Gasteiger partial charge in [0, 0.05) is 43.5 Å². The lowest BCUT2D eigenvalue weighted by atomic mass is 10.1. The predicted octanol–water partition coefficient (Wildman–Crippen LogP) is 1.88. The number of nitrogens with one attached hydrogen (secondary N) is 2. The summed E-state index contributed by atoms with van der Waals surface area (Å²) in [5.74, 6) is -1.29. The summed E-state index contributed by atoms with van der Waals surface area (Å²) in [4.78, 5) is 28.0. The van der Waals surface area contributed by atoms with Crippen molar-refractivity contribution in [3.8, 4) is 0 Å². The van der Waals surface area contributed by atoms with Crippen LogP contribution in [0.15, 0.2) is 47.5 Å². The van der Waals surface area contributed by atoms with Gasteiger partial charge in [0.05, 0.1) is 24.9 Å². The fourth-order valence-corrected chi connectivity index (χ4v) is 3.88. The molecule has 0 aliphatic carbocycles. The van der Waals surface area contributed by atoms with Gasteiger partial charge in [0.15, 0.2) is 0 Å². The predicted molar refractivity (Wildman–Crippen MR) is 110 cm³/mol. The van der Waals surface area contributed by atoms with Gasteiger partial charge in [-0.05, 0) is 30.5 Å². The second kappa shape index (κ2) is 9.77. The number of benzene rings is 1. The number of aryl methyl sites for hydroxylation is 1. The summed E-state index contributed by atoms with van der Waals surface area (Å²) >= 11 is 1.52. The van der Waals surface area contributed by atoms with E-state index in [1.165, 1.54) is 11.8 Å². The minimum absolute atomic E-state index is 0.0147. The molecule has 0 radical (unpaired) electrons. The number of rotatable bonds is 6. The number of para-hydroxylation sites is 1. The van der Waals surface area contributed by atoms with E-state index >= 15 is 0 Å². The van der Waals surface area contributed by atoms with Gasteiger partial charge in [-0.15, -0.1) is 11.8 Å². The average Bonchev–Trinajstić information content (AvgIpc) is 3.15. The highest BCUT2D eigenvalue weighted by atomic mass is 32.2. The number of hydrogen-bond acceptors (Lipinski definition) is 5. The van der Waals surface area contributed by atoms with Crippen LogP contribution in [0.2, 0.25) is 0 Å². The number of carbonyl (C=O) groups excluding carboxylic acids is 2. The Balaban J connectivity index is 1.64. The lowest BCUT2D eigenvalue weighted by Crippen LogP contribution is -2.46. The highest BCUT2D eigenvalue weighted by Crippen LogP contribution is 2.24. The van der Waals surface area contributed by atoms with Crippen LogP contribution >= 0.6 is 11.8 Å². The van der Waals surface area contributed by atoms with Crippen LogP contribution in [0.3, 0.4) is 0 Å². The Hall–Kier alpha value is -2.29. The topological polar surface area (TPSA) is 75.6 Å². The molecular formula is C20H26N4O3S. The number of thioether (sulfide) groups is 1. The van der Waals surface area contributed by atoms with Crippen molar-refractivity contribution in [1.82, 2.24) is 14.8 Å². The third kappa shape index (κ3) is 4.95. The molecular weight excluding hydrogens is 376 g/mol. The molecule has 1 aliphatic heterocycles. The van der Waals surface area contributed by atoms with Crippen molar-refractivity contribution in [2.24, 2.45) is 7.05 Å². The summed E-state index contributed by atoms with van der Waals surface area (Å²) in [5.41, 5.74) is 1.73. The van der Waals surface area contributed by atoms with Crippen LogP contribution < -0.4 is 10.6 Å². The summed E-state index contributed by atoms with van der Waals surface area (Å²) in [6, 6.07) is 11.4. The van der Waals surface area contributed by atoms with E-state index in [2.05, 4.69) is 15.5 Å². The number of carbonyl (C=O) groups is 2. The fraction of sp³-hybridized carbons (Fsp3) is 0.400. The smallest absolute Gasteiger partial charge is 0.313 e. The maximum absolute atomic E-state index is 12.4. The molecule has 0 bridgehead atoms. The molecule has 2 heterocycles. The Morgan fingerprint density at radius 2 is 1.89 bits per heavy atom. The summed E-state index contributed by atoms with van der Waals surface area (Å²) in [6.07, 6.45) is 3.91. The van der Waals surface area contributed by atoms with Gasteiger partial charge in [-0.2, -0.15) is 0 Å². The van der Waals surface area contributed by atoms with Gasteiger partial charge in [-0.1, -0.05) is 12.1 Å². The maximum Gasteiger partial charge on any atom is 0.313 e. The van der Waals surface area contributed by atoms with Crippen molar-refractivity contribution < 1.29 is 14.3 Å². The van der Waals surface area contributed by atoms with Crippen LogP contribution in [0.1, 0.15) is 11.7 Å². The SMILES string of the molecule is CSc1ccccc1NC(=O)C(=O)NCC(c1cccn1C)N1CCOCC1. The Kier molecular flexibility index (Phi) is 7.13. The molecule has 150 valence electrons. The molecule has 2 amide bonds. The molecule has 1 saturated heterocycles. The van der Waals surface area contributed by atoms with E-state index in [0.29, 0.717) is 25.4 Å². The number of hydrogen-bond donors (Lipinski definition) is 2. The Morgan fingerprint density at radius 1 is 1.14 bits per heavy atom. The van der Waals surface area contributed by atoms with Crippen LogP contribution in [0, 0.1) is 0 Å². The first-order valence-electron chi connectivity index (χ1n) is 9.25. The minimum atomic E-state index is -0.658. The van der Waals surface area contributed by atoms with Gasteiger partial charge in [0.25, 0.3) is 0 Å². The van der Waals surface area contributed by atoms with E-state index in [1.54, 1.807) is 6.07 Å². The van der Waals surface area contributed by atoms with Crippen molar-refractivity contribution in [2.75, 3.05) is 44.4 Å². The molecule has 1 aromatic heterocycles. The Morgan fingerprint density at radius 3 is 2.57 bits per heavy atom. The molecule has 2 aromatic rings. The zero-order chi connectivity index (χ0) is 19.9. The quantitative estimate of drug-likeness (QED) is 0.570. The van der Waals surface area contributed by atoms with Crippen molar-refractivity contribution in [3.63, 3.8) is 0 Å². The van der Waals surface area contributed by atoms with Crippen LogP contribution in [-0.4, -0.2) is 60.4 Å². The molecule has 2 N–H and O–H groups in total. The molecule has 8 heteroatoms. The average molecular weight is 403 g/mol. The van der Waals surface area contributed by atoms with E-state index in [9.17, 15) is 9.59 Å². The number of amides is 2. The van der Waals surface area contributed by atoms with E-state index in [1.807, 2.05) is 54.4 Å². The first-order chi connectivity index (χ1) is 13.6. The summed E-state index contributed by atoms with van der Waals surface area (Å²) in [7, 11) is 1.98. The monoisotopic (exact) mass is 402 g/mol. The van der Waals surface area contributed by atoms with Gasteiger partial charge in [-0.3, -0.25) is 14.5 Å². The number of morpholine rings is 1. The normalized spacial score (nSPS) is 15.8. The molecule has 1 fully saturated rings. The van der Waals surface area contributed by atoms with Gasteiger partial charge >= 0.3 is 11.8 Å². The van der Waals surface area contributed by atoms with Crippen molar-refractivity contribution >= 4 is 29.3 Å². The summed E-state index contributed by atoms with van der Waals surface area (Å²) < 4.78 is 7.49. The zero-order valence-electron chi connectivity index (χ0n) is 16.2. The first kappa shape index (κ1) is 20.4. The van der Waals surface area contributed by atoms with Gasteiger partial charge < -0.3 is 19.9 Å². The zero-order valence-corrected chi connectivity index (χ0v) is 17.0. The minimum Gasteiger partial charge on any atom is -0.379 e. The van der Waals surface area contributed by atoms with Crippen LogP contribution in [-0.2, 0) is 21.4 Å². The highest BCUT2D eigenvalue weighted by molar-refractivity contribution is 7.98. The van der Waals surface area contributed by atoms with Crippen LogP contribution in [0.4, 0.5) is 5.69 Å². The van der Waals surface area contributed by atoms with Gasteiger partial charge in [0.2, 0.25) is 0 Å². The maximum atomic E-state index is 12.4. The van der Waals surface area contributed by atoms with E-state index in [0.717, 1.165) is 23.7 Å². The molecule has 1 aliphatic rings. The van der Waals surface area contributed by atoms with Crippen molar-refractivity contribution in [2.45, 2.75) is 10.9 Å². The number of aromatic nitrogens is 1. The van der Waals surface area contributed by atoms with Crippen molar-refractivity contribution in [3.05, 3.63) is 48.3 Å². The molecule has 3 rings (SSSR count). The molecule has 1 unspecified atom stereocenters. The van der Waals surface area contributed by atoms with E-state index in [4.69, 9.17) is 4.74 Å². The van der Waals surface area contributed by atoms with Crippen LogP contribution in [0.25, 0.3) is 0 Å². The first-order valence-corrected chi connectivity index (χ1v) is 10.5. The van der Waals surface area contributed by atoms with Crippen molar-refractivity contribution in [1.29, 1.82) is 0 Å². The molecule has 0 saturated carbocycles. The highest BCUT2D eigenvalue weighted by Gasteiger charge is 2.26. The number of nitrogens with zero attached hydrogens (tertiary/aromatic N) is 2. The number of ether oxygens (including phenoxy) is 1. The van der Waals surface area contributed by atoms with Gasteiger partial charge in [0.1, 0.15) is 0 Å². The lowest BCUT2D eigenvalue weighted by Gasteiger charge is -2.34. The molecule has 0 spiro atoms. The van der Waals surface area contributed by atoms with Crippen LogP contribution in [0.5, 0.6) is 0 Å². The lowest BCUT2D eigenvalue weighted by molar-refractivity contribution is -0.136. The third-order valence-corrected chi connectivity index (χ3v) is 5.62. The third-order valence-electron chi connectivity index (χ3n) is 4.83. The molecule has 7 nitrogen and oxygen atoms in total.